The Labute approximate surface area is 116 Å². The van der Waals surface area contributed by atoms with Gasteiger partial charge in [-0.15, -0.1) is 6.58 Å². The number of carboxylic acid groups (broad SMARTS) is 1. The molecule has 0 radical (unpaired) electrons. The van der Waals surface area contributed by atoms with E-state index in [1.54, 1.807) is 24.3 Å². The lowest BCUT2D eigenvalue weighted by molar-refractivity contribution is -0.930. The third-order valence-corrected chi connectivity index (χ3v) is 3.21. The molecule has 0 fully saturated rings. The SMILES string of the molecule is C=CCC(C(=C)C(=O)O)[N+](CC=C)(CC=C)CC=C. The van der Waals surface area contributed by atoms with Crippen LogP contribution in [0.15, 0.2) is 62.8 Å². The summed E-state index contributed by atoms with van der Waals surface area (Å²) in [5, 5.41) is 9.23. The molecule has 0 bridgehead atoms. The average Bonchev–Trinajstić information content (AvgIpc) is 2.35. The molecule has 0 aromatic rings. The molecule has 0 aliphatic rings. The van der Waals surface area contributed by atoms with Gasteiger partial charge in [-0.05, 0) is 18.2 Å². The molecule has 0 aliphatic carbocycles. The predicted octanol–water partition coefficient (Wildman–Crippen LogP) is 2.95. The van der Waals surface area contributed by atoms with Crippen LogP contribution in [0.1, 0.15) is 6.42 Å². The smallest absolute Gasteiger partial charge is 0.337 e. The van der Waals surface area contributed by atoms with Gasteiger partial charge >= 0.3 is 5.97 Å². The van der Waals surface area contributed by atoms with E-state index in [-0.39, 0.29) is 11.6 Å². The van der Waals surface area contributed by atoms with Gasteiger partial charge in [-0.2, -0.15) is 0 Å². The molecule has 0 aromatic carbocycles. The second-order valence-electron chi connectivity index (χ2n) is 4.50. The van der Waals surface area contributed by atoms with Crippen LogP contribution in [-0.2, 0) is 4.79 Å². The van der Waals surface area contributed by atoms with Gasteiger partial charge in [0.1, 0.15) is 6.04 Å². The van der Waals surface area contributed by atoms with Crippen LogP contribution in [-0.4, -0.2) is 41.2 Å². The molecule has 1 atom stereocenters. The first-order valence-electron chi connectivity index (χ1n) is 6.20. The quantitative estimate of drug-likeness (QED) is 0.353. The molecule has 1 N–H and O–H groups in total. The van der Waals surface area contributed by atoms with E-state index in [1.807, 2.05) is 0 Å². The molecule has 3 nitrogen and oxygen atoms in total. The van der Waals surface area contributed by atoms with Crippen molar-refractivity contribution in [1.82, 2.24) is 0 Å². The van der Waals surface area contributed by atoms with Gasteiger partial charge < -0.3 is 9.59 Å². The van der Waals surface area contributed by atoms with Crippen LogP contribution in [0, 0.1) is 0 Å². The van der Waals surface area contributed by atoms with Crippen molar-refractivity contribution in [2.45, 2.75) is 12.5 Å². The molecule has 0 spiro atoms. The number of aliphatic carboxylic acids is 1. The molecule has 0 rings (SSSR count). The second-order valence-corrected chi connectivity index (χ2v) is 4.50. The molecule has 104 valence electrons. The van der Waals surface area contributed by atoms with Crippen LogP contribution in [0.25, 0.3) is 0 Å². The van der Waals surface area contributed by atoms with Crippen molar-refractivity contribution in [1.29, 1.82) is 0 Å². The van der Waals surface area contributed by atoms with Crippen molar-refractivity contribution < 1.29 is 14.4 Å². The van der Waals surface area contributed by atoms with E-state index in [0.29, 0.717) is 30.5 Å². The Morgan fingerprint density at radius 3 is 1.68 bits per heavy atom. The Hall–Kier alpha value is -1.87. The first-order chi connectivity index (χ1) is 8.98. The monoisotopic (exact) mass is 262 g/mol. The maximum atomic E-state index is 11.3. The fourth-order valence-electron chi connectivity index (χ4n) is 2.37. The zero-order chi connectivity index (χ0) is 14.9. The van der Waals surface area contributed by atoms with Crippen LogP contribution in [0.4, 0.5) is 0 Å². The highest BCUT2D eigenvalue weighted by Crippen LogP contribution is 2.24. The Morgan fingerprint density at radius 2 is 1.42 bits per heavy atom. The fraction of sp³-hybridized carbons (Fsp3) is 0.312. The van der Waals surface area contributed by atoms with Gasteiger partial charge in [-0.3, -0.25) is 0 Å². The van der Waals surface area contributed by atoms with Gasteiger partial charge in [-0.1, -0.05) is 32.4 Å². The molecule has 19 heavy (non-hydrogen) atoms. The number of carbonyl (C=O) groups is 1. The van der Waals surface area contributed by atoms with Gasteiger partial charge in [0.25, 0.3) is 0 Å². The zero-order valence-electron chi connectivity index (χ0n) is 11.6. The van der Waals surface area contributed by atoms with Crippen molar-refractivity contribution in [2.75, 3.05) is 19.6 Å². The summed E-state index contributed by atoms with van der Waals surface area (Å²) in [6, 6.07) is -0.260. The maximum absolute atomic E-state index is 11.3. The summed E-state index contributed by atoms with van der Waals surface area (Å²) in [6.07, 6.45) is 7.64. The Kier molecular flexibility index (Phi) is 7.46. The number of hydrogen-bond acceptors (Lipinski definition) is 1. The van der Waals surface area contributed by atoms with Crippen molar-refractivity contribution in [3.63, 3.8) is 0 Å². The number of rotatable bonds is 11. The molecule has 1 unspecified atom stereocenters. The van der Waals surface area contributed by atoms with E-state index in [0.717, 1.165) is 0 Å². The Morgan fingerprint density at radius 1 is 1.00 bits per heavy atom. The van der Waals surface area contributed by atoms with Crippen LogP contribution in [0.3, 0.4) is 0 Å². The lowest BCUT2D eigenvalue weighted by Crippen LogP contribution is -2.57. The van der Waals surface area contributed by atoms with E-state index >= 15 is 0 Å². The summed E-state index contributed by atoms with van der Waals surface area (Å²) >= 11 is 0. The summed E-state index contributed by atoms with van der Waals surface area (Å²) < 4.78 is 0.480. The topological polar surface area (TPSA) is 37.3 Å². The highest BCUT2D eigenvalue weighted by molar-refractivity contribution is 5.87. The minimum absolute atomic E-state index is 0.186. The Bertz CT molecular complexity index is 356. The summed E-state index contributed by atoms with van der Waals surface area (Å²) in [5.74, 6) is -0.980. The minimum Gasteiger partial charge on any atom is -0.478 e. The maximum Gasteiger partial charge on any atom is 0.337 e. The molecule has 0 saturated heterocycles. The zero-order valence-corrected chi connectivity index (χ0v) is 11.6. The first kappa shape index (κ1) is 17.1. The van der Waals surface area contributed by atoms with Crippen LogP contribution in [0.2, 0.25) is 0 Å². The standard InChI is InChI=1S/C16H23NO2/c1-6-10-15(14(5)16(18)19)17(11-7-2,12-8-3)13-9-4/h6-9,15H,1-5,10-13H2/p+1. The van der Waals surface area contributed by atoms with Gasteiger partial charge in [0.05, 0.1) is 25.2 Å². The van der Waals surface area contributed by atoms with E-state index in [9.17, 15) is 9.90 Å². The van der Waals surface area contributed by atoms with Gasteiger partial charge in [0, 0.05) is 6.42 Å². The van der Waals surface area contributed by atoms with E-state index in [4.69, 9.17) is 0 Å². The molecular formula is C16H24NO2+. The summed E-state index contributed by atoms with van der Waals surface area (Å²) in [7, 11) is 0. The summed E-state index contributed by atoms with van der Waals surface area (Å²) in [5.41, 5.74) is 0.186. The minimum atomic E-state index is -0.980. The highest BCUT2D eigenvalue weighted by Gasteiger charge is 2.37. The number of quaternary nitrogens is 1. The molecule has 0 heterocycles. The van der Waals surface area contributed by atoms with Crippen molar-refractivity contribution in [3.8, 4) is 0 Å². The van der Waals surface area contributed by atoms with Crippen molar-refractivity contribution in [3.05, 3.63) is 62.8 Å². The molecule has 0 amide bonds. The van der Waals surface area contributed by atoms with Crippen LogP contribution < -0.4 is 0 Å². The normalized spacial score (nSPS) is 12.2. The molecule has 3 heteroatoms. The number of nitrogens with zero attached hydrogens (tertiary/aromatic N) is 1. The Balaban J connectivity index is 5.66. The van der Waals surface area contributed by atoms with Crippen molar-refractivity contribution in [2.24, 2.45) is 0 Å². The van der Waals surface area contributed by atoms with E-state index in [1.165, 1.54) is 0 Å². The van der Waals surface area contributed by atoms with Crippen LogP contribution >= 0.6 is 0 Å². The van der Waals surface area contributed by atoms with Crippen molar-refractivity contribution >= 4 is 5.97 Å². The molecule has 0 saturated carbocycles. The summed E-state index contributed by atoms with van der Waals surface area (Å²) in [6.45, 7) is 20.6. The van der Waals surface area contributed by atoms with Crippen LogP contribution in [0.5, 0.6) is 0 Å². The predicted molar refractivity (Wildman–Crippen MR) is 80.8 cm³/mol. The van der Waals surface area contributed by atoms with Gasteiger partial charge in [0.2, 0.25) is 0 Å². The number of hydrogen-bond donors (Lipinski definition) is 1. The molecule has 0 aromatic heterocycles. The largest absolute Gasteiger partial charge is 0.478 e. The summed E-state index contributed by atoms with van der Waals surface area (Å²) in [4.78, 5) is 11.3. The van der Waals surface area contributed by atoms with E-state index in [2.05, 4.69) is 32.9 Å². The first-order valence-corrected chi connectivity index (χ1v) is 6.20. The third-order valence-electron chi connectivity index (χ3n) is 3.21. The van der Waals surface area contributed by atoms with Gasteiger partial charge in [0.15, 0.2) is 0 Å². The average molecular weight is 262 g/mol. The highest BCUT2D eigenvalue weighted by atomic mass is 16.4. The lowest BCUT2D eigenvalue weighted by Gasteiger charge is -2.43. The number of carboxylic acids is 1. The molecular weight excluding hydrogens is 238 g/mol. The molecule has 0 aliphatic heterocycles. The second kappa shape index (κ2) is 8.27. The fourth-order valence-corrected chi connectivity index (χ4v) is 2.37. The van der Waals surface area contributed by atoms with Gasteiger partial charge in [-0.25, -0.2) is 4.79 Å². The van der Waals surface area contributed by atoms with E-state index < -0.39 is 5.97 Å². The third kappa shape index (κ3) is 4.38. The lowest BCUT2D eigenvalue weighted by atomic mass is 9.99.